The van der Waals surface area contributed by atoms with Gasteiger partial charge in [-0.05, 0) is 35.6 Å². The molecule has 5 rings (SSSR count). The summed E-state index contributed by atoms with van der Waals surface area (Å²) in [5, 5.41) is 2.69. The maximum atomic E-state index is 13.6. The number of esters is 1. The van der Waals surface area contributed by atoms with Crippen molar-refractivity contribution < 1.29 is 23.8 Å². The zero-order chi connectivity index (χ0) is 25.8. The van der Waals surface area contributed by atoms with Gasteiger partial charge in [0.1, 0.15) is 12.4 Å². The first kappa shape index (κ1) is 25.1. The van der Waals surface area contributed by atoms with Crippen LogP contribution in [0.3, 0.4) is 0 Å². The number of ether oxygens (including phenoxy) is 3. The van der Waals surface area contributed by atoms with Crippen LogP contribution in [-0.4, -0.2) is 60.3 Å². The summed E-state index contributed by atoms with van der Waals surface area (Å²) < 4.78 is 16.6. The molecule has 0 spiro atoms. The maximum absolute atomic E-state index is 13.6. The molecule has 0 N–H and O–H groups in total. The van der Waals surface area contributed by atoms with E-state index in [2.05, 4.69) is 0 Å². The van der Waals surface area contributed by atoms with Crippen LogP contribution >= 0.6 is 11.8 Å². The van der Waals surface area contributed by atoms with E-state index in [1.807, 2.05) is 76.7 Å². The van der Waals surface area contributed by atoms with Crippen molar-refractivity contribution in [1.29, 1.82) is 0 Å². The number of carbonyl (C=O) groups excluding carboxylic acids is 2. The summed E-state index contributed by atoms with van der Waals surface area (Å²) in [6, 6.07) is 16.7. The second-order valence-corrected chi connectivity index (χ2v) is 9.74. The smallest absolute Gasteiger partial charge is 0.338 e. The van der Waals surface area contributed by atoms with Gasteiger partial charge in [0.15, 0.2) is 5.17 Å². The van der Waals surface area contributed by atoms with Crippen molar-refractivity contribution in [2.75, 3.05) is 33.4 Å². The summed E-state index contributed by atoms with van der Waals surface area (Å²) in [5.41, 5.74) is 3.60. The third kappa shape index (κ3) is 5.42. The first-order valence-electron chi connectivity index (χ1n) is 12.2. The first-order valence-corrected chi connectivity index (χ1v) is 13.1. The van der Waals surface area contributed by atoms with Crippen molar-refractivity contribution >= 4 is 28.8 Å². The molecule has 3 aliphatic heterocycles. The molecule has 2 aromatic rings. The number of methoxy groups -OCH3 is 1. The Hall–Kier alpha value is -3.56. The second-order valence-electron chi connectivity index (χ2n) is 8.90. The summed E-state index contributed by atoms with van der Waals surface area (Å²) in [4.78, 5) is 35.3. The number of rotatable bonds is 7. The molecule has 1 atom stereocenters. The Morgan fingerprint density at radius 3 is 2.65 bits per heavy atom. The van der Waals surface area contributed by atoms with Gasteiger partial charge in [-0.1, -0.05) is 54.2 Å². The van der Waals surface area contributed by atoms with E-state index in [1.54, 1.807) is 7.11 Å². The predicted octanol–water partition coefficient (Wildman–Crippen LogP) is 4.26. The molecule has 1 amide bonds. The number of allylic oxidation sites excluding steroid dienone is 1. The van der Waals surface area contributed by atoms with Crippen LogP contribution < -0.4 is 4.74 Å². The highest BCUT2D eigenvalue weighted by Crippen LogP contribution is 2.45. The molecule has 0 aliphatic carbocycles. The van der Waals surface area contributed by atoms with Gasteiger partial charge in [-0.3, -0.25) is 4.79 Å². The zero-order valence-electron chi connectivity index (χ0n) is 20.9. The first-order chi connectivity index (χ1) is 18.0. The number of carbonyl (C=O) groups is 2. The molecule has 3 heterocycles. The van der Waals surface area contributed by atoms with E-state index >= 15 is 0 Å². The van der Waals surface area contributed by atoms with Crippen LogP contribution in [0.5, 0.6) is 5.75 Å². The van der Waals surface area contributed by atoms with Gasteiger partial charge >= 0.3 is 5.97 Å². The molecule has 0 unspecified atom stereocenters. The molecule has 0 saturated carbocycles. The SMILES string of the molecule is COc1cccc([C@@H]2C(C(=O)OCc3ccccc3)=C(C)N=C3SC=C(CC(=O)N4CCOCC4)N32)c1. The monoisotopic (exact) mass is 519 g/mol. The van der Waals surface area contributed by atoms with Crippen molar-refractivity contribution in [1.82, 2.24) is 9.80 Å². The van der Waals surface area contributed by atoms with Crippen molar-refractivity contribution in [2.24, 2.45) is 4.99 Å². The Labute approximate surface area is 220 Å². The Bertz CT molecular complexity index is 1270. The van der Waals surface area contributed by atoms with Gasteiger partial charge in [-0.2, -0.15) is 0 Å². The molecule has 0 radical (unpaired) electrons. The van der Waals surface area contributed by atoms with Crippen LogP contribution in [0.2, 0.25) is 0 Å². The number of hydrogen-bond donors (Lipinski definition) is 0. The van der Waals surface area contributed by atoms with E-state index in [-0.39, 0.29) is 18.9 Å². The van der Waals surface area contributed by atoms with Crippen LogP contribution in [0.4, 0.5) is 0 Å². The van der Waals surface area contributed by atoms with E-state index < -0.39 is 12.0 Å². The van der Waals surface area contributed by atoms with Crippen molar-refractivity contribution in [3.8, 4) is 5.75 Å². The predicted molar refractivity (Wildman–Crippen MR) is 142 cm³/mol. The lowest BCUT2D eigenvalue weighted by Gasteiger charge is -2.37. The zero-order valence-corrected chi connectivity index (χ0v) is 21.7. The Morgan fingerprint density at radius 1 is 1.11 bits per heavy atom. The number of aliphatic imine (C=N–C) groups is 1. The number of fused-ring (bicyclic) bond motifs is 1. The second kappa shape index (κ2) is 11.2. The molecule has 8 nitrogen and oxygen atoms in total. The Morgan fingerprint density at radius 2 is 1.89 bits per heavy atom. The van der Waals surface area contributed by atoms with Gasteiger partial charge in [0, 0.05) is 18.8 Å². The Balaban J connectivity index is 1.47. The third-order valence-corrected chi connectivity index (χ3v) is 7.43. The number of morpholine rings is 1. The molecular formula is C28H29N3O5S. The van der Waals surface area contributed by atoms with E-state index in [4.69, 9.17) is 19.2 Å². The minimum absolute atomic E-state index is 0.0280. The minimum Gasteiger partial charge on any atom is -0.497 e. The number of thioether (sulfide) groups is 1. The van der Waals surface area contributed by atoms with Crippen LogP contribution in [0.1, 0.15) is 30.5 Å². The maximum Gasteiger partial charge on any atom is 0.338 e. The number of hydrogen-bond acceptors (Lipinski definition) is 8. The molecule has 2 aromatic carbocycles. The molecule has 3 aliphatic rings. The van der Waals surface area contributed by atoms with Gasteiger partial charge in [0.05, 0.1) is 44.1 Å². The van der Waals surface area contributed by atoms with Crippen LogP contribution in [0.15, 0.2) is 82.0 Å². The summed E-state index contributed by atoms with van der Waals surface area (Å²) in [6.07, 6.45) is 0.206. The summed E-state index contributed by atoms with van der Waals surface area (Å²) in [7, 11) is 1.61. The average Bonchev–Trinajstić information content (AvgIpc) is 3.33. The highest BCUT2D eigenvalue weighted by molar-refractivity contribution is 8.16. The van der Waals surface area contributed by atoms with Crippen molar-refractivity contribution in [3.05, 3.63) is 88.1 Å². The highest BCUT2D eigenvalue weighted by atomic mass is 32.2. The summed E-state index contributed by atoms with van der Waals surface area (Å²) in [6.45, 7) is 4.23. The topological polar surface area (TPSA) is 80.7 Å². The number of benzene rings is 2. The highest BCUT2D eigenvalue weighted by Gasteiger charge is 2.41. The lowest BCUT2D eigenvalue weighted by atomic mass is 9.93. The summed E-state index contributed by atoms with van der Waals surface area (Å²) in [5.74, 6) is 0.269. The number of nitrogens with zero attached hydrogens (tertiary/aromatic N) is 3. The Kier molecular flexibility index (Phi) is 7.62. The quantitative estimate of drug-likeness (QED) is 0.506. The van der Waals surface area contributed by atoms with E-state index in [9.17, 15) is 9.59 Å². The number of amidine groups is 1. The minimum atomic E-state index is -0.510. The van der Waals surface area contributed by atoms with E-state index in [0.29, 0.717) is 43.3 Å². The van der Waals surface area contributed by atoms with E-state index in [1.165, 1.54) is 11.8 Å². The molecule has 0 aromatic heterocycles. The van der Waals surface area contributed by atoms with E-state index in [0.717, 1.165) is 22.0 Å². The lowest BCUT2D eigenvalue weighted by molar-refractivity contribution is -0.141. The van der Waals surface area contributed by atoms with Crippen LogP contribution in [0, 0.1) is 0 Å². The molecule has 9 heteroatoms. The van der Waals surface area contributed by atoms with Crippen LogP contribution in [0.25, 0.3) is 0 Å². The molecule has 0 bridgehead atoms. The van der Waals surface area contributed by atoms with Gasteiger partial charge in [-0.15, -0.1) is 0 Å². The van der Waals surface area contributed by atoms with Crippen molar-refractivity contribution in [2.45, 2.75) is 26.0 Å². The molecular weight excluding hydrogens is 490 g/mol. The largest absolute Gasteiger partial charge is 0.497 e. The molecule has 37 heavy (non-hydrogen) atoms. The van der Waals surface area contributed by atoms with Crippen LogP contribution in [-0.2, 0) is 25.7 Å². The van der Waals surface area contributed by atoms with Crippen molar-refractivity contribution in [3.63, 3.8) is 0 Å². The molecule has 1 fully saturated rings. The average molecular weight is 520 g/mol. The standard InChI is InChI=1S/C28H29N3O5S/c1-19-25(27(33)36-17-20-7-4-3-5-8-20)26(21-9-6-10-23(15-21)34-2)31-22(18-37-28(31)29-19)16-24(32)30-11-13-35-14-12-30/h3-10,15,18,26H,11-14,16-17H2,1-2H3/t26-/m1/s1. The fourth-order valence-electron chi connectivity index (χ4n) is 4.64. The van der Waals surface area contributed by atoms with Gasteiger partial charge in [-0.25, -0.2) is 9.79 Å². The van der Waals surface area contributed by atoms with Gasteiger partial charge < -0.3 is 24.0 Å². The molecule has 1 saturated heterocycles. The molecule has 192 valence electrons. The summed E-state index contributed by atoms with van der Waals surface area (Å²) >= 11 is 1.46. The lowest BCUT2D eigenvalue weighted by Crippen LogP contribution is -2.42. The number of amides is 1. The fraction of sp³-hybridized carbons (Fsp3) is 0.321. The third-order valence-electron chi connectivity index (χ3n) is 6.54. The van der Waals surface area contributed by atoms with Gasteiger partial charge in [0.2, 0.25) is 5.91 Å². The van der Waals surface area contributed by atoms with Gasteiger partial charge in [0.25, 0.3) is 0 Å². The normalized spacial score (nSPS) is 19.2. The fourth-order valence-corrected chi connectivity index (χ4v) is 5.60.